The molecule has 3 heteroatoms. The van der Waals surface area contributed by atoms with Crippen molar-refractivity contribution in [2.24, 2.45) is 5.92 Å². The van der Waals surface area contributed by atoms with Gasteiger partial charge in [0.15, 0.2) is 0 Å². The Hall–Kier alpha value is -0.860. The van der Waals surface area contributed by atoms with Gasteiger partial charge in [-0.05, 0) is 12.8 Å². The van der Waals surface area contributed by atoms with E-state index >= 15 is 0 Å². The molecule has 3 nitrogen and oxygen atoms in total. The Kier molecular flexibility index (Phi) is 2.55. The van der Waals surface area contributed by atoms with E-state index in [0.717, 1.165) is 0 Å². The first-order valence-electron chi connectivity index (χ1n) is 4.99. The van der Waals surface area contributed by atoms with Crippen molar-refractivity contribution < 1.29 is 18.4 Å². The molecule has 0 bridgehead atoms. The second kappa shape index (κ2) is 4.88. The molecule has 0 rings (SSSR count). The van der Waals surface area contributed by atoms with Crippen molar-refractivity contribution in [3.63, 3.8) is 0 Å². The molecule has 0 radical (unpaired) electrons. The van der Waals surface area contributed by atoms with Crippen LogP contribution in [-0.2, 0) is 14.3 Å². The predicted octanol–water partition coefficient (Wildman–Crippen LogP) is 1.16. The number of hydrogen-bond acceptors (Lipinski definition) is 3. The summed E-state index contributed by atoms with van der Waals surface area (Å²) in [5, 5.41) is 0. The maximum Gasteiger partial charge on any atom is 0.374 e. The number of hydrogen-bond donors (Lipinski definition) is 0. The largest absolute Gasteiger partial charge is 0.460 e. The highest BCUT2D eigenvalue weighted by Gasteiger charge is 2.15. The molecule has 0 spiro atoms. The summed E-state index contributed by atoms with van der Waals surface area (Å²) in [5.74, 6) is -2.56. The molecule has 0 saturated carbocycles. The Bertz CT molecular complexity index is 222. The highest BCUT2D eigenvalue weighted by molar-refractivity contribution is 6.33. The zero-order valence-corrected chi connectivity index (χ0v) is 6.72. The summed E-state index contributed by atoms with van der Waals surface area (Å²) in [5.41, 5.74) is 0. The lowest BCUT2D eigenvalue weighted by molar-refractivity contribution is -0.153. The van der Waals surface area contributed by atoms with Crippen LogP contribution >= 0.6 is 0 Å². The van der Waals surface area contributed by atoms with Crippen LogP contribution < -0.4 is 0 Å². The van der Waals surface area contributed by atoms with Crippen LogP contribution in [0.5, 0.6) is 0 Å². The van der Waals surface area contributed by atoms with Crippen LogP contribution in [0.1, 0.15) is 31.2 Å². The molecule has 64 valence electrons. The van der Waals surface area contributed by atoms with E-state index in [1.54, 1.807) is 6.92 Å². The van der Waals surface area contributed by atoms with Crippen molar-refractivity contribution in [3.05, 3.63) is 0 Å². The first kappa shape index (κ1) is 5.75. The number of carbonyl (C=O) groups is 2. The van der Waals surface area contributed by atoms with E-state index in [-0.39, 0.29) is 13.0 Å². The van der Waals surface area contributed by atoms with E-state index in [1.807, 2.05) is 0 Å². The summed E-state index contributed by atoms with van der Waals surface area (Å²) in [4.78, 5) is 21.9. The van der Waals surface area contributed by atoms with Crippen molar-refractivity contribution in [2.45, 2.75) is 27.1 Å². The number of rotatable bonds is 4. The van der Waals surface area contributed by atoms with Gasteiger partial charge in [-0.25, -0.2) is 4.79 Å². The normalized spacial score (nSPS) is 17.5. The monoisotopic (exact) mass is 161 g/mol. The molecule has 0 aromatic rings. The lowest BCUT2D eigenvalue weighted by Crippen LogP contribution is -2.18. The Morgan fingerprint density at radius 3 is 2.73 bits per heavy atom. The lowest BCUT2D eigenvalue weighted by atomic mass is 10.1. The SMILES string of the molecule is [2H]C([2H])([2H])[C@@H](C)CC(=O)C(=O)OCC. The molecule has 1 atom stereocenters. The van der Waals surface area contributed by atoms with E-state index in [1.165, 1.54) is 6.92 Å². The van der Waals surface area contributed by atoms with Crippen molar-refractivity contribution in [1.29, 1.82) is 0 Å². The van der Waals surface area contributed by atoms with E-state index in [0.29, 0.717) is 0 Å². The number of ketones is 1. The molecule has 0 unspecified atom stereocenters. The Morgan fingerprint density at radius 2 is 2.27 bits per heavy atom. The van der Waals surface area contributed by atoms with Gasteiger partial charge in [0.05, 0.1) is 6.61 Å². The van der Waals surface area contributed by atoms with Gasteiger partial charge in [-0.2, -0.15) is 0 Å². The van der Waals surface area contributed by atoms with Gasteiger partial charge in [0.1, 0.15) is 0 Å². The van der Waals surface area contributed by atoms with Crippen LogP contribution in [-0.4, -0.2) is 18.4 Å². The fourth-order valence-electron chi connectivity index (χ4n) is 0.573. The summed E-state index contributed by atoms with van der Waals surface area (Å²) in [6.45, 7) is 0.900. The second-order valence-corrected chi connectivity index (χ2v) is 2.25. The van der Waals surface area contributed by atoms with Crippen molar-refractivity contribution in [1.82, 2.24) is 0 Å². The highest BCUT2D eigenvalue weighted by atomic mass is 16.5. The summed E-state index contributed by atoms with van der Waals surface area (Å²) >= 11 is 0. The minimum Gasteiger partial charge on any atom is -0.460 e. The van der Waals surface area contributed by atoms with Gasteiger partial charge in [0, 0.05) is 10.5 Å². The number of Topliss-reactive ketones (excluding diaryl/α,β-unsaturated/α-hetero) is 1. The third-order valence-electron chi connectivity index (χ3n) is 0.995. The summed E-state index contributed by atoms with van der Waals surface area (Å²) in [7, 11) is 0. The molecule has 0 aromatic carbocycles. The zero-order valence-electron chi connectivity index (χ0n) is 9.72. The quantitative estimate of drug-likeness (QED) is 0.459. The number of esters is 1. The molecule has 0 saturated heterocycles. The number of ether oxygens (including phenoxy) is 1. The van der Waals surface area contributed by atoms with Crippen LogP contribution in [0.3, 0.4) is 0 Å². The molecule has 0 aliphatic rings. The molecule has 0 heterocycles. The molecule has 0 amide bonds. The topological polar surface area (TPSA) is 43.4 Å². The number of carbonyl (C=O) groups excluding carboxylic acids is 2. The first-order valence-corrected chi connectivity index (χ1v) is 3.49. The minimum absolute atomic E-state index is 0.118. The molecular weight excluding hydrogens is 144 g/mol. The Morgan fingerprint density at radius 1 is 1.64 bits per heavy atom. The maximum atomic E-state index is 11.1. The summed E-state index contributed by atoms with van der Waals surface area (Å²) in [6, 6.07) is 0. The van der Waals surface area contributed by atoms with Gasteiger partial charge in [-0.15, -0.1) is 0 Å². The summed E-state index contributed by atoms with van der Waals surface area (Å²) < 4.78 is 25.5. The van der Waals surface area contributed by atoms with Crippen LogP contribution in [0.2, 0.25) is 0 Å². The van der Waals surface area contributed by atoms with E-state index < -0.39 is 24.5 Å². The van der Waals surface area contributed by atoms with Gasteiger partial charge < -0.3 is 4.74 Å². The first-order chi connectivity index (χ1) is 6.29. The van der Waals surface area contributed by atoms with E-state index in [9.17, 15) is 9.59 Å². The third-order valence-corrected chi connectivity index (χ3v) is 0.995. The van der Waals surface area contributed by atoms with Crippen molar-refractivity contribution >= 4 is 11.8 Å². The maximum absolute atomic E-state index is 11.1. The van der Waals surface area contributed by atoms with Gasteiger partial charge in [-0.3, -0.25) is 4.79 Å². The molecule has 0 fully saturated rings. The third kappa shape index (κ3) is 4.53. The van der Waals surface area contributed by atoms with Crippen LogP contribution in [0.4, 0.5) is 0 Å². The van der Waals surface area contributed by atoms with Gasteiger partial charge in [0.2, 0.25) is 5.78 Å². The molecule has 0 N–H and O–H groups in total. The van der Waals surface area contributed by atoms with Crippen LogP contribution in [0.15, 0.2) is 0 Å². The average Bonchev–Trinajstić information content (AvgIpc) is 2.02. The van der Waals surface area contributed by atoms with Crippen molar-refractivity contribution in [3.8, 4) is 0 Å². The molecule has 0 aromatic heterocycles. The second-order valence-electron chi connectivity index (χ2n) is 2.25. The predicted molar refractivity (Wildman–Crippen MR) is 41.1 cm³/mol. The molecular formula is C8H14O3. The minimum atomic E-state index is -2.21. The van der Waals surface area contributed by atoms with Gasteiger partial charge in [-0.1, -0.05) is 13.8 Å². The summed E-state index contributed by atoms with van der Waals surface area (Å²) in [6.07, 6.45) is -0.296. The standard InChI is InChI=1S/C8H14O3/c1-4-11-8(10)7(9)5-6(2)3/h6H,4-5H2,1-3H3/i2D3/t6-/m0/s1. The van der Waals surface area contributed by atoms with E-state index in [4.69, 9.17) is 4.11 Å². The smallest absolute Gasteiger partial charge is 0.374 e. The highest BCUT2D eigenvalue weighted by Crippen LogP contribution is 2.00. The van der Waals surface area contributed by atoms with Gasteiger partial charge in [0.25, 0.3) is 0 Å². The van der Waals surface area contributed by atoms with Crippen LogP contribution in [0, 0.1) is 5.92 Å². The molecule has 11 heavy (non-hydrogen) atoms. The van der Waals surface area contributed by atoms with Crippen molar-refractivity contribution in [2.75, 3.05) is 6.61 Å². The Balaban J connectivity index is 4.13. The fourth-order valence-corrected chi connectivity index (χ4v) is 0.573. The fraction of sp³-hybridized carbons (Fsp3) is 0.750. The van der Waals surface area contributed by atoms with Gasteiger partial charge >= 0.3 is 5.97 Å². The lowest BCUT2D eigenvalue weighted by Gasteiger charge is -2.02. The average molecular weight is 161 g/mol. The molecule has 0 aliphatic carbocycles. The van der Waals surface area contributed by atoms with Crippen LogP contribution in [0.25, 0.3) is 0 Å². The zero-order chi connectivity index (χ0) is 11.4. The van der Waals surface area contributed by atoms with E-state index in [2.05, 4.69) is 4.74 Å². The molecule has 0 aliphatic heterocycles. The Labute approximate surface area is 70.9 Å².